The number of carbonyl (C=O) groups is 1. The molecule has 0 amide bonds. The van der Waals surface area contributed by atoms with Crippen molar-refractivity contribution in [2.24, 2.45) is 0 Å². The van der Waals surface area contributed by atoms with Gasteiger partial charge in [0, 0.05) is 43.4 Å². The molecule has 4 rings (SSSR count). The number of benzene rings is 1. The van der Waals surface area contributed by atoms with E-state index >= 15 is 0 Å². The van der Waals surface area contributed by atoms with Crippen LogP contribution in [0.1, 0.15) is 28.7 Å². The average molecular weight is 394 g/mol. The van der Waals surface area contributed by atoms with E-state index in [9.17, 15) is 9.59 Å². The van der Waals surface area contributed by atoms with Gasteiger partial charge in [0.2, 0.25) is 0 Å². The van der Waals surface area contributed by atoms with Crippen LogP contribution in [0.3, 0.4) is 0 Å². The van der Waals surface area contributed by atoms with Crippen LogP contribution in [0.4, 0.5) is 0 Å². The summed E-state index contributed by atoms with van der Waals surface area (Å²) >= 11 is 0. The number of aromatic nitrogens is 1. The molecule has 0 aliphatic carbocycles. The van der Waals surface area contributed by atoms with Crippen LogP contribution >= 0.6 is 0 Å². The van der Waals surface area contributed by atoms with Gasteiger partial charge in [0.1, 0.15) is 18.1 Å². The van der Waals surface area contributed by atoms with Gasteiger partial charge >= 0.3 is 11.6 Å². The number of fused-ring (bicyclic) bond motifs is 3. The first-order valence-corrected chi connectivity index (χ1v) is 9.45. The minimum atomic E-state index is -0.384. The highest BCUT2D eigenvalue weighted by Gasteiger charge is 2.25. The fourth-order valence-electron chi connectivity index (χ4n) is 3.68. The third-order valence-electron chi connectivity index (χ3n) is 5.12. The highest BCUT2D eigenvalue weighted by molar-refractivity contribution is 5.86. The molecule has 1 aromatic carbocycles. The maximum absolute atomic E-state index is 12.0. The fraction of sp³-hybridized carbons (Fsp3) is 0.318. The lowest BCUT2D eigenvalue weighted by Gasteiger charge is -2.31. The minimum Gasteiger partial charge on any atom is -0.477 e. The molecular weight excluding hydrogens is 372 g/mol. The third-order valence-corrected chi connectivity index (χ3v) is 5.12. The highest BCUT2D eigenvalue weighted by Crippen LogP contribution is 2.37. The summed E-state index contributed by atoms with van der Waals surface area (Å²) in [5.74, 6) is 0.423. The molecule has 0 radical (unpaired) electrons. The van der Waals surface area contributed by atoms with Crippen molar-refractivity contribution in [1.29, 1.82) is 0 Å². The number of pyridine rings is 1. The lowest BCUT2D eigenvalue weighted by atomic mass is 9.97. The van der Waals surface area contributed by atoms with Crippen molar-refractivity contribution >= 4 is 16.9 Å². The smallest absolute Gasteiger partial charge is 0.336 e. The van der Waals surface area contributed by atoms with Crippen LogP contribution in [0.2, 0.25) is 0 Å². The lowest BCUT2D eigenvalue weighted by molar-refractivity contribution is -0.140. The van der Waals surface area contributed by atoms with Crippen LogP contribution in [0, 0.1) is 6.92 Å². The zero-order valence-electron chi connectivity index (χ0n) is 16.4. The Hall–Kier alpha value is -3.19. The fourth-order valence-corrected chi connectivity index (χ4v) is 3.68. The molecule has 0 bridgehead atoms. The Morgan fingerprint density at radius 2 is 2.07 bits per heavy atom. The van der Waals surface area contributed by atoms with Gasteiger partial charge in [0.25, 0.3) is 0 Å². The Kier molecular flexibility index (Phi) is 5.31. The van der Waals surface area contributed by atoms with E-state index in [-0.39, 0.29) is 18.0 Å². The number of ether oxygens (including phenoxy) is 2. The van der Waals surface area contributed by atoms with E-state index in [2.05, 4.69) is 9.88 Å². The van der Waals surface area contributed by atoms with E-state index in [1.54, 1.807) is 12.4 Å². The highest BCUT2D eigenvalue weighted by atomic mass is 16.5. The molecule has 2 aromatic heterocycles. The monoisotopic (exact) mass is 394 g/mol. The van der Waals surface area contributed by atoms with E-state index in [0.717, 1.165) is 27.6 Å². The summed E-state index contributed by atoms with van der Waals surface area (Å²) < 4.78 is 16.4. The van der Waals surface area contributed by atoms with E-state index in [1.807, 2.05) is 25.1 Å². The summed E-state index contributed by atoms with van der Waals surface area (Å²) in [5.41, 5.74) is 3.87. The van der Waals surface area contributed by atoms with Crippen molar-refractivity contribution in [2.45, 2.75) is 32.9 Å². The summed E-state index contributed by atoms with van der Waals surface area (Å²) in [6.07, 6.45) is 4.27. The number of aryl methyl sites for hydroxylation is 2. The number of hydrogen-bond acceptors (Lipinski definition) is 7. The summed E-state index contributed by atoms with van der Waals surface area (Å²) in [6, 6.07) is 7.36. The second-order valence-corrected chi connectivity index (χ2v) is 7.16. The van der Waals surface area contributed by atoms with Crippen LogP contribution in [0.15, 0.2) is 45.9 Å². The van der Waals surface area contributed by atoms with Crippen molar-refractivity contribution in [3.8, 4) is 5.75 Å². The predicted molar refractivity (Wildman–Crippen MR) is 107 cm³/mol. The normalized spacial score (nSPS) is 13.7. The molecule has 3 heterocycles. The molecule has 1 aliphatic heterocycles. The van der Waals surface area contributed by atoms with Gasteiger partial charge in [-0.05, 0) is 48.2 Å². The Labute approximate surface area is 167 Å². The summed E-state index contributed by atoms with van der Waals surface area (Å²) in [6.45, 7) is 3.55. The summed E-state index contributed by atoms with van der Waals surface area (Å²) in [7, 11) is 1.38. The first-order valence-electron chi connectivity index (χ1n) is 9.45. The lowest BCUT2D eigenvalue weighted by Crippen LogP contribution is -2.32. The SMILES string of the molecule is COC(=O)CCc1cc2c(C)cc(=O)oc2c2c1OCN(Cc1ccncc1)C2. The molecule has 0 spiro atoms. The van der Waals surface area contributed by atoms with Crippen LogP contribution in [-0.2, 0) is 29.0 Å². The number of methoxy groups -OCH3 is 1. The van der Waals surface area contributed by atoms with Gasteiger partial charge in [-0.2, -0.15) is 0 Å². The standard InChI is InChI=1S/C22H22N2O5/c1-14-9-20(26)29-22-17(14)10-16(3-4-19(25)27-2)21-18(22)12-24(13-28-21)11-15-5-7-23-8-6-15/h5-10H,3-4,11-13H2,1-2H3. The summed E-state index contributed by atoms with van der Waals surface area (Å²) in [4.78, 5) is 29.8. The van der Waals surface area contributed by atoms with Crippen molar-refractivity contribution in [3.05, 3.63) is 69.3 Å². The predicted octanol–water partition coefficient (Wildman–Crippen LogP) is 2.95. The summed E-state index contributed by atoms with van der Waals surface area (Å²) in [5, 5.41) is 0.859. The van der Waals surface area contributed by atoms with Gasteiger partial charge in [-0.1, -0.05) is 0 Å². The Bertz CT molecular complexity index is 1110. The van der Waals surface area contributed by atoms with Crippen molar-refractivity contribution in [3.63, 3.8) is 0 Å². The van der Waals surface area contributed by atoms with Gasteiger partial charge in [-0.15, -0.1) is 0 Å². The van der Waals surface area contributed by atoms with Crippen molar-refractivity contribution in [2.75, 3.05) is 13.8 Å². The number of esters is 1. The molecule has 0 atom stereocenters. The molecule has 0 saturated heterocycles. The molecular formula is C22H22N2O5. The van der Waals surface area contributed by atoms with Gasteiger partial charge in [-0.25, -0.2) is 4.79 Å². The molecule has 0 saturated carbocycles. The molecule has 0 N–H and O–H groups in total. The van der Waals surface area contributed by atoms with Crippen molar-refractivity contribution < 1.29 is 18.7 Å². The Balaban J connectivity index is 1.74. The van der Waals surface area contributed by atoms with Crippen LogP contribution in [0.5, 0.6) is 5.75 Å². The number of hydrogen-bond donors (Lipinski definition) is 0. The maximum atomic E-state index is 12.0. The van der Waals surface area contributed by atoms with Crippen LogP contribution < -0.4 is 10.4 Å². The number of rotatable bonds is 5. The van der Waals surface area contributed by atoms with Gasteiger partial charge < -0.3 is 13.9 Å². The minimum absolute atomic E-state index is 0.258. The van der Waals surface area contributed by atoms with E-state index in [0.29, 0.717) is 37.6 Å². The second-order valence-electron chi connectivity index (χ2n) is 7.16. The van der Waals surface area contributed by atoms with E-state index in [4.69, 9.17) is 13.9 Å². The largest absolute Gasteiger partial charge is 0.477 e. The topological polar surface area (TPSA) is 81.9 Å². The first kappa shape index (κ1) is 19.1. The van der Waals surface area contributed by atoms with E-state index in [1.165, 1.54) is 13.2 Å². The maximum Gasteiger partial charge on any atom is 0.336 e. The van der Waals surface area contributed by atoms with Gasteiger partial charge in [-0.3, -0.25) is 14.7 Å². The van der Waals surface area contributed by atoms with Gasteiger partial charge in [0.15, 0.2) is 0 Å². The quantitative estimate of drug-likeness (QED) is 0.486. The second kappa shape index (κ2) is 8.05. The number of nitrogens with zero attached hydrogens (tertiary/aromatic N) is 2. The molecule has 0 fully saturated rings. The van der Waals surface area contributed by atoms with Crippen LogP contribution in [0.25, 0.3) is 11.0 Å². The molecule has 7 nitrogen and oxygen atoms in total. The Morgan fingerprint density at radius 1 is 1.28 bits per heavy atom. The Morgan fingerprint density at radius 3 is 2.83 bits per heavy atom. The molecule has 29 heavy (non-hydrogen) atoms. The first-order chi connectivity index (χ1) is 14.0. The molecule has 3 aromatic rings. The van der Waals surface area contributed by atoms with Crippen LogP contribution in [-0.4, -0.2) is 29.7 Å². The third kappa shape index (κ3) is 4.00. The molecule has 1 aliphatic rings. The molecule has 150 valence electrons. The molecule has 7 heteroatoms. The zero-order chi connectivity index (χ0) is 20.4. The molecule has 0 unspecified atom stereocenters. The average Bonchev–Trinajstić information content (AvgIpc) is 2.73. The van der Waals surface area contributed by atoms with E-state index < -0.39 is 0 Å². The van der Waals surface area contributed by atoms with Gasteiger partial charge in [0.05, 0.1) is 12.7 Å². The van der Waals surface area contributed by atoms with Crippen molar-refractivity contribution in [1.82, 2.24) is 9.88 Å². The number of carbonyl (C=O) groups excluding carboxylic acids is 1. The zero-order valence-corrected chi connectivity index (χ0v) is 16.4.